The van der Waals surface area contributed by atoms with Crippen molar-refractivity contribution in [1.29, 1.82) is 5.26 Å². The van der Waals surface area contributed by atoms with Crippen LogP contribution in [0.15, 0.2) is 22.7 Å². The van der Waals surface area contributed by atoms with Crippen LogP contribution in [-0.2, 0) is 0 Å². The molecule has 0 N–H and O–H groups in total. The van der Waals surface area contributed by atoms with E-state index in [9.17, 15) is 14.9 Å². The molecule has 0 spiro atoms. The van der Waals surface area contributed by atoms with Crippen molar-refractivity contribution in [2.45, 2.75) is 6.42 Å². The predicted molar refractivity (Wildman–Crippen MR) is 68.0 cm³/mol. The number of carbonyl (C=O) groups excluding carboxylic acids is 1. The molecule has 0 unspecified atom stereocenters. The Balaban J connectivity index is 3.04. The van der Waals surface area contributed by atoms with E-state index >= 15 is 0 Å². The van der Waals surface area contributed by atoms with Crippen molar-refractivity contribution in [2.75, 3.05) is 13.6 Å². The van der Waals surface area contributed by atoms with Gasteiger partial charge in [0.2, 0.25) is 0 Å². The van der Waals surface area contributed by atoms with E-state index in [-0.39, 0.29) is 34.6 Å². The average Bonchev–Trinajstić information content (AvgIpc) is 2.35. The fraction of sp³-hybridized carbons (Fsp3) is 0.273. The van der Waals surface area contributed by atoms with E-state index in [2.05, 4.69) is 15.9 Å². The molecule has 7 heteroatoms. The van der Waals surface area contributed by atoms with Crippen molar-refractivity contribution >= 4 is 27.5 Å². The van der Waals surface area contributed by atoms with E-state index in [4.69, 9.17) is 5.26 Å². The average molecular weight is 312 g/mol. The minimum atomic E-state index is -0.559. The van der Waals surface area contributed by atoms with E-state index in [0.29, 0.717) is 0 Å². The number of halogens is 1. The van der Waals surface area contributed by atoms with Crippen LogP contribution in [-0.4, -0.2) is 29.3 Å². The zero-order chi connectivity index (χ0) is 13.7. The fourth-order valence-electron chi connectivity index (χ4n) is 1.35. The van der Waals surface area contributed by atoms with Crippen LogP contribution in [0.25, 0.3) is 0 Å². The molecule has 0 aliphatic rings. The molecule has 0 saturated heterocycles. The lowest BCUT2D eigenvalue weighted by atomic mass is 10.2. The van der Waals surface area contributed by atoms with Gasteiger partial charge in [0.1, 0.15) is 4.47 Å². The van der Waals surface area contributed by atoms with Crippen molar-refractivity contribution in [3.05, 3.63) is 38.3 Å². The molecular formula is C11H10BrN3O3. The minimum absolute atomic E-state index is 0.156. The Morgan fingerprint density at radius 3 is 2.83 bits per heavy atom. The highest BCUT2D eigenvalue weighted by Crippen LogP contribution is 2.28. The summed E-state index contributed by atoms with van der Waals surface area (Å²) in [6.07, 6.45) is 0.217. The molecule has 1 aromatic rings. The fourth-order valence-corrected chi connectivity index (χ4v) is 1.93. The standard InChI is InChI=1S/C11H10BrN3O3/c1-14(7-3-6-13)11(16)8-4-2-5-9(10(8)12)15(17)18/h2,4-5H,3,7H2,1H3. The number of amides is 1. The topological polar surface area (TPSA) is 87.2 Å². The molecule has 1 rings (SSSR count). The van der Waals surface area contributed by atoms with Crippen LogP contribution >= 0.6 is 15.9 Å². The van der Waals surface area contributed by atoms with Crippen molar-refractivity contribution in [3.63, 3.8) is 0 Å². The number of carbonyl (C=O) groups is 1. The van der Waals surface area contributed by atoms with Gasteiger partial charge in [0, 0.05) is 19.7 Å². The number of nitriles is 1. The molecule has 1 amide bonds. The first-order chi connectivity index (χ1) is 8.49. The molecule has 6 nitrogen and oxygen atoms in total. The maximum Gasteiger partial charge on any atom is 0.284 e. The Morgan fingerprint density at radius 1 is 1.61 bits per heavy atom. The van der Waals surface area contributed by atoms with Crippen molar-refractivity contribution in [1.82, 2.24) is 4.90 Å². The SMILES string of the molecule is CN(CCC#N)C(=O)c1cccc([N+](=O)[O-])c1Br. The largest absolute Gasteiger partial charge is 0.341 e. The van der Waals surface area contributed by atoms with Gasteiger partial charge in [-0.15, -0.1) is 0 Å². The third-order valence-electron chi connectivity index (χ3n) is 2.31. The van der Waals surface area contributed by atoms with Gasteiger partial charge in [-0.2, -0.15) is 5.26 Å². The van der Waals surface area contributed by atoms with E-state index in [0.717, 1.165) is 0 Å². The maximum atomic E-state index is 12.0. The number of nitrogens with zero attached hydrogens (tertiary/aromatic N) is 3. The van der Waals surface area contributed by atoms with Gasteiger partial charge in [-0.1, -0.05) is 6.07 Å². The van der Waals surface area contributed by atoms with Gasteiger partial charge in [-0.25, -0.2) is 0 Å². The molecular weight excluding hydrogens is 302 g/mol. The monoisotopic (exact) mass is 311 g/mol. The highest BCUT2D eigenvalue weighted by atomic mass is 79.9. The van der Waals surface area contributed by atoms with Gasteiger partial charge >= 0.3 is 0 Å². The molecule has 0 saturated carbocycles. The van der Waals surface area contributed by atoms with Gasteiger partial charge in [0.25, 0.3) is 11.6 Å². The summed E-state index contributed by atoms with van der Waals surface area (Å²) in [5.41, 5.74) is 0.0548. The third-order valence-corrected chi connectivity index (χ3v) is 3.14. The molecule has 0 fully saturated rings. The summed E-state index contributed by atoms with van der Waals surface area (Å²) in [5, 5.41) is 19.2. The molecule has 1 aromatic carbocycles. The predicted octanol–water partition coefficient (Wildman–Crippen LogP) is 2.34. The Morgan fingerprint density at radius 2 is 2.28 bits per heavy atom. The van der Waals surface area contributed by atoms with Gasteiger partial charge in [0.15, 0.2) is 0 Å². The molecule has 18 heavy (non-hydrogen) atoms. The quantitative estimate of drug-likeness (QED) is 0.630. The zero-order valence-corrected chi connectivity index (χ0v) is 11.2. The van der Waals surface area contributed by atoms with Crippen LogP contribution in [0.1, 0.15) is 16.8 Å². The second-order valence-corrected chi connectivity index (χ2v) is 4.32. The summed E-state index contributed by atoms with van der Waals surface area (Å²) in [7, 11) is 1.55. The molecule has 0 bridgehead atoms. The number of hydrogen-bond acceptors (Lipinski definition) is 4. The van der Waals surface area contributed by atoms with Crippen molar-refractivity contribution in [3.8, 4) is 6.07 Å². The number of rotatable bonds is 4. The highest BCUT2D eigenvalue weighted by Gasteiger charge is 2.21. The molecule has 0 radical (unpaired) electrons. The summed E-state index contributed by atoms with van der Waals surface area (Å²) in [5.74, 6) is -0.360. The summed E-state index contributed by atoms with van der Waals surface area (Å²) >= 11 is 3.06. The van der Waals surface area contributed by atoms with Crippen LogP contribution < -0.4 is 0 Å². The summed E-state index contributed by atoms with van der Waals surface area (Å²) in [4.78, 5) is 23.6. The molecule has 0 heterocycles. The third kappa shape index (κ3) is 3.05. The molecule has 0 atom stereocenters. The van der Waals surface area contributed by atoms with Crippen LogP contribution in [0, 0.1) is 21.4 Å². The summed E-state index contributed by atoms with van der Waals surface area (Å²) in [6, 6.07) is 6.21. The van der Waals surface area contributed by atoms with Crippen LogP contribution in [0.4, 0.5) is 5.69 Å². The lowest BCUT2D eigenvalue weighted by Crippen LogP contribution is -2.27. The molecule has 94 valence electrons. The van der Waals surface area contributed by atoms with Crippen LogP contribution in [0.3, 0.4) is 0 Å². The number of benzene rings is 1. The number of hydrogen-bond donors (Lipinski definition) is 0. The molecule has 0 aromatic heterocycles. The van der Waals surface area contributed by atoms with Gasteiger partial charge in [-0.05, 0) is 22.0 Å². The lowest BCUT2D eigenvalue weighted by molar-refractivity contribution is -0.385. The summed E-state index contributed by atoms with van der Waals surface area (Å²) in [6.45, 7) is 0.282. The van der Waals surface area contributed by atoms with Gasteiger partial charge in [0.05, 0.1) is 23.0 Å². The Kier molecular flexibility index (Phi) is 4.80. The van der Waals surface area contributed by atoms with E-state index < -0.39 is 4.92 Å². The zero-order valence-electron chi connectivity index (χ0n) is 9.59. The second kappa shape index (κ2) is 6.12. The smallest absolute Gasteiger partial charge is 0.284 e. The number of nitro groups is 1. The highest BCUT2D eigenvalue weighted by molar-refractivity contribution is 9.10. The minimum Gasteiger partial charge on any atom is -0.341 e. The molecule has 0 aliphatic heterocycles. The van der Waals surface area contributed by atoms with Crippen molar-refractivity contribution < 1.29 is 9.72 Å². The maximum absolute atomic E-state index is 12.0. The number of nitro benzene ring substituents is 1. The summed E-state index contributed by atoms with van der Waals surface area (Å²) < 4.78 is 0.156. The Hall–Kier alpha value is -1.94. The van der Waals surface area contributed by atoms with Crippen molar-refractivity contribution in [2.24, 2.45) is 0 Å². The van der Waals surface area contributed by atoms with E-state index in [1.807, 2.05) is 6.07 Å². The van der Waals surface area contributed by atoms with Crippen LogP contribution in [0.2, 0.25) is 0 Å². The second-order valence-electron chi connectivity index (χ2n) is 3.53. The Labute approximate surface area is 112 Å². The van der Waals surface area contributed by atoms with Crippen LogP contribution in [0.5, 0.6) is 0 Å². The first-order valence-corrected chi connectivity index (χ1v) is 5.83. The first-order valence-electron chi connectivity index (χ1n) is 5.04. The lowest BCUT2D eigenvalue weighted by Gasteiger charge is -2.16. The normalized spacial score (nSPS) is 9.61. The molecule has 0 aliphatic carbocycles. The first kappa shape index (κ1) is 14.1. The Bertz CT molecular complexity index is 525. The van der Waals surface area contributed by atoms with E-state index in [1.54, 1.807) is 7.05 Å². The van der Waals surface area contributed by atoms with Gasteiger partial charge < -0.3 is 4.90 Å². The van der Waals surface area contributed by atoms with Gasteiger partial charge in [-0.3, -0.25) is 14.9 Å². The van der Waals surface area contributed by atoms with E-state index in [1.165, 1.54) is 23.1 Å².